The number of carbonyl (C=O) groups excluding carboxylic acids is 2. The minimum atomic E-state index is -4.10. The monoisotopic (exact) mass is 385 g/mol. The minimum Gasteiger partial charge on any atom is -0.497 e. The number of methoxy groups -OCH3 is 1. The molecule has 2 N–H and O–H groups in total. The Morgan fingerprint density at radius 1 is 1.27 bits per heavy atom. The first kappa shape index (κ1) is 20.1. The van der Waals surface area contributed by atoms with E-state index in [2.05, 4.69) is 0 Å². The topological polar surface area (TPSA) is 116 Å². The molecule has 144 valence electrons. The fourth-order valence-corrected chi connectivity index (χ4v) is 4.43. The smallest absolute Gasteiger partial charge is 0.282 e. The lowest BCUT2D eigenvalue weighted by atomic mass is 10.0. The van der Waals surface area contributed by atoms with Crippen molar-refractivity contribution >= 4 is 21.8 Å². The maximum atomic E-state index is 13.1. The number of hydroxylamine groups is 1. The molecular weight excluding hydrogens is 362 g/mol. The molecule has 0 aliphatic carbocycles. The van der Waals surface area contributed by atoms with E-state index in [-0.39, 0.29) is 23.8 Å². The van der Waals surface area contributed by atoms with Crippen molar-refractivity contribution < 1.29 is 28.0 Å². The van der Waals surface area contributed by atoms with E-state index in [4.69, 9.17) is 9.94 Å². The summed E-state index contributed by atoms with van der Waals surface area (Å²) in [5.41, 5.74) is 0.639. The number of nitrogens with one attached hydrogen (secondary N) is 1. The predicted molar refractivity (Wildman–Crippen MR) is 91.8 cm³/mol. The summed E-state index contributed by atoms with van der Waals surface area (Å²) in [6, 6.07) is 5.70. The molecule has 0 radical (unpaired) electrons. The highest BCUT2D eigenvalue weighted by Gasteiger charge is 2.48. The Bertz CT molecular complexity index is 785. The van der Waals surface area contributed by atoms with Crippen LogP contribution in [0.1, 0.15) is 27.2 Å². The van der Waals surface area contributed by atoms with Gasteiger partial charge in [-0.05, 0) is 45.0 Å². The Hall–Kier alpha value is -2.17. The summed E-state index contributed by atoms with van der Waals surface area (Å²) in [6.45, 7) is 4.89. The first-order chi connectivity index (χ1) is 12.0. The molecule has 26 heavy (non-hydrogen) atoms. The van der Waals surface area contributed by atoms with Crippen molar-refractivity contribution in [3.05, 3.63) is 24.3 Å². The summed E-state index contributed by atoms with van der Waals surface area (Å²) in [5.74, 6) is -0.879. The van der Waals surface area contributed by atoms with Crippen LogP contribution in [0.5, 0.6) is 5.75 Å². The number of benzene rings is 1. The highest BCUT2D eigenvalue weighted by atomic mass is 32.2. The second-order valence-electron chi connectivity index (χ2n) is 6.83. The summed E-state index contributed by atoms with van der Waals surface area (Å²) < 4.78 is 32.1. The van der Waals surface area contributed by atoms with Gasteiger partial charge in [0.15, 0.2) is 6.17 Å². The molecule has 0 unspecified atom stereocenters. The molecule has 0 bridgehead atoms. The number of sulfonamides is 1. The van der Waals surface area contributed by atoms with E-state index in [1.807, 2.05) is 0 Å². The summed E-state index contributed by atoms with van der Waals surface area (Å²) in [5, 5.41) is 9.10. The number of amides is 2. The average molecular weight is 385 g/mol. The average Bonchev–Trinajstić information content (AvgIpc) is 2.59. The lowest BCUT2D eigenvalue weighted by molar-refractivity contribution is -0.160. The van der Waals surface area contributed by atoms with Gasteiger partial charge in [-0.2, -0.15) is 4.31 Å². The van der Waals surface area contributed by atoms with Gasteiger partial charge in [0.05, 0.1) is 12.0 Å². The molecule has 0 saturated carbocycles. The van der Waals surface area contributed by atoms with Crippen LogP contribution in [0.25, 0.3) is 0 Å². The standard InChI is InChI=1S/C16H23N3O6S/c1-16(2,3)19-13(20)9-10-18(15(19)14(21)17-22)26(23,24)12-7-5-11(25-4)6-8-12/h5-8,15,22H,9-10H2,1-4H3,(H,17,21)/t15-/m0/s1. The highest BCUT2D eigenvalue weighted by Crippen LogP contribution is 2.30. The fraction of sp³-hybridized carbons (Fsp3) is 0.500. The molecule has 1 atom stereocenters. The van der Waals surface area contributed by atoms with Gasteiger partial charge >= 0.3 is 0 Å². The first-order valence-electron chi connectivity index (χ1n) is 7.96. The van der Waals surface area contributed by atoms with Crippen LogP contribution in [0.2, 0.25) is 0 Å². The van der Waals surface area contributed by atoms with Crippen molar-refractivity contribution in [2.75, 3.05) is 13.7 Å². The van der Waals surface area contributed by atoms with Gasteiger partial charge in [0.1, 0.15) is 5.75 Å². The van der Waals surface area contributed by atoms with Crippen molar-refractivity contribution in [3.8, 4) is 5.75 Å². The molecule has 10 heteroatoms. The molecule has 1 aliphatic rings. The van der Waals surface area contributed by atoms with Crippen molar-refractivity contribution in [3.63, 3.8) is 0 Å². The molecule has 0 aromatic heterocycles. The van der Waals surface area contributed by atoms with Gasteiger partial charge in [-0.15, -0.1) is 0 Å². The van der Waals surface area contributed by atoms with E-state index in [0.29, 0.717) is 5.75 Å². The highest BCUT2D eigenvalue weighted by molar-refractivity contribution is 7.89. The fourth-order valence-electron chi connectivity index (χ4n) is 2.90. The van der Waals surface area contributed by atoms with Crippen molar-refractivity contribution in [1.82, 2.24) is 14.7 Å². The number of nitrogens with zero attached hydrogens (tertiary/aromatic N) is 2. The summed E-state index contributed by atoms with van der Waals surface area (Å²) in [6.07, 6.45) is -1.56. The largest absolute Gasteiger partial charge is 0.497 e. The van der Waals surface area contributed by atoms with Gasteiger partial charge in [0, 0.05) is 18.5 Å². The van der Waals surface area contributed by atoms with Crippen LogP contribution in [0, 0.1) is 0 Å². The van der Waals surface area contributed by atoms with E-state index >= 15 is 0 Å². The summed E-state index contributed by atoms with van der Waals surface area (Å²) >= 11 is 0. The Kier molecular flexibility index (Phi) is 5.59. The van der Waals surface area contributed by atoms with Crippen LogP contribution in [0.4, 0.5) is 0 Å². The predicted octanol–water partition coefficient (Wildman–Crippen LogP) is 0.548. The number of hydrogen-bond acceptors (Lipinski definition) is 6. The number of ether oxygens (including phenoxy) is 1. The minimum absolute atomic E-state index is 0.0442. The van der Waals surface area contributed by atoms with Crippen LogP contribution in [-0.2, 0) is 19.6 Å². The van der Waals surface area contributed by atoms with E-state index < -0.39 is 27.6 Å². The van der Waals surface area contributed by atoms with Crippen molar-refractivity contribution in [2.24, 2.45) is 0 Å². The maximum absolute atomic E-state index is 13.1. The second kappa shape index (κ2) is 7.22. The van der Waals surface area contributed by atoms with Gasteiger partial charge in [-0.1, -0.05) is 0 Å². The molecule has 2 amide bonds. The van der Waals surface area contributed by atoms with E-state index in [1.165, 1.54) is 41.8 Å². The molecule has 0 spiro atoms. The molecule has 9 nitrogen and oxygen atoms in total. The SMILES string of the molecule is COc1ccc(S(=O)(=O)N2CCC(=O)N(C(C)(C)C)[C@H]2C(=O)NO)cc1. The van der Waals surface area contributed by atoms with E-state index in [9.17, 15) is 18.0 Å². The van der Waals surface area contributed by atoms with Gasteiger partial charge < -0.3 is 9.64 Å². The molecule has 1 aromatic rings. The summed E-state index contributed by atoms with van der Waals surface area (Å²) in [4.78, 5) is 25.8. The third-order valence-corrected chi connectivity index (χ3v) is 5.93. The molecule has 2 rings (SSSR count). The van der Waals surface area contributed by atoms with Crippen LogP contribution < -0.4 is 10.2 Å². The van der Waals surface area contributed by atoms with Gasteiger partial charge in [-0.3, -0.25) is 14.8 Å². The summed E-state index contributed by atoms with van der Waals surface area (Å²) in [7, 11) is -2.64. The lowest BCUT2D eigenvalue weighted by Gasteiger charge is -2.47. The van der Waals surface area contributed by atoms with Crippen LogP contribution >= 0.6 is 0 Å². The zero-order chi connectivity index (χ0) is 19.7. The normalized spacial score (nSPS) is 19.3. The van der Waals surface area contributed by atoms with Gasteiger partial charge in [0.25, 0.3) is 5.91 Å². The Morgan fingerprint density at radius 2 is 1.85 bits per heavy atom. The van der Waals surface area contributed by atoms with E-state index in [1.54, 1.807) is 20.8 Å². The molecule has 1 aliphatic heterocycles. The van der Waals surface area contributed by atoms with E-state index in [0.717, 1.165) is 4.31 Å². The quantitative estimate of drug-likeness (QED) is 0.577. The van der Waals surface area contributed by atoms with Gasteiger partial charge in [-0.25, -0.2) is 13.9 Å². The Labute approximate surface area is 152 Å². The first-order valence-corrected chi connectivity index (χ1v) is 9.40. The van der Waals surface area contributed by atoms with Crippen LogP contribution in [0.15, 0.2) is 29.2 Å². The Balaban J connectivity index is 2.53. The molecule has 1 aromatic carbocycles. The van der Waals surface area contributed by atoms with Gasteiger partial charge in [0.2, 0.25) is 15.9 Å². The molecule has 1 saturated heterocycles. The zero-order valence-corrected chi connectivity index (χ0v) is 15.9. The number of hydrogen-bond donors (Lipinski definition) is 2. The Morgan fingerprint density at radius 3 is 2.31 bits per heavy atom. The second-order valence-corrected chi connectivity index (χ2v) is 8.72. The maximum Gasteiger partial charge on any atom is 0.282 e. The van der Waals surface area contributed by atoms with Crippen LogP contribution in [-0.4, -0.2) is 60.0 Å². The van der Waals surface area contributed by atoms with Crippen molar-refractivity contribution in [2.45, 2.75) is 43.8 Å². The number of rotatable bonds is 4. The number of carbonyl (C=O) groups is 2. The zero-order valence-electron chi connectivity index (χ0n) is 15.1. The molecule has 1 heterocycles. The third kappa shape index (κ3) is 3.67. The third-order valence-electron chi connectivity index (χ3n) is 4.07. The van der Waals surface area contributed by atoms with Crippen LogP contribution in [0.3, 0.4) is 0 Å². The molecular formula is C16H23N3O6S. The molecule has 1 fully saturated rings. The lowest BCUT2D eigenvalue weighted by Crippen LogP contribution is -2.67. The van der Waals surface area contributed by atoms with Crippen molar-refractivity contribution in [1.29, 1.82) is 0 Å².